The van der Waals surface area contributed by atoms with Crippen LogP contribution < -0.4 is 5.32 Å². The zero-order chi connectivity index (χ0) is 14.6. The van der Waals surface area contributed by atoms with Crippen molar-refractivity contribution in [2.75, 3.05) is 6.61 Å². The number of rotatable bonds is 5. The molecule has 0 spiro atoms. The van der Waals surface area contributed by atoms with Crippen molar-refractivity contribution in [3.63, 3.8) is 0 Å². The Morgan fingerprint density at radius 1 is 1.15 bits per heavy atom. The van der Waals surface area contributed by atoms with Crippen LogP contribution >= 0.6 is 0 Å². The van der Waals surface area contributed by atoms with Crippen LogP contribution in [0.15, 0.2) is 48.5 Å². The number of aromatic hydroxyl groups is 1. The number of benzene rings is 2. The maximum Gasteiger partial charge on any atom is 0.165 e. The number of aliphatic hydroxyl groups excluding tert-OH is 1. The lowest BCUT2D eigenvalue weighted by Gasteiger charge is -2.29. The predicted molar refractivity (Wildman–Crippen MR) is 75.8 cm³/mol. The Morgan fingerprint density at radius 2 is 1.85 bits per heavy atom. The van der Waals surface area contributed by atoms with Crippen molar-refractivity contribution in [3.05, 3.63) is 65.5 Å². The first-order chi connectivity index (χ1) is 9.55. The van der Waals surface area contributed by atoms with Crippen LogP contribution in [-0.2, 0) is 12.1 Å². The molecule has 0 fully saturated rings. The average molecular weight is 275 g/mol. The van der Waals surface area contributed by atoms with Gasteiger partial charge in [0, 0.05) is 6.54 Å². The third-order valence-corrected chi connectivity index (χ3v) is 3.42. The molecule has 1 atom stereocenters. The van der Waals surface area contributed by atoms with Crippen LogP contribution in [0.5, 0.6) is 5.75 Å². The topological polar surface area (TPSA) is 52.5 Å². The normalized spacial score (nSPS) is 13.9. The molecule has 0 aliphatic carbocycles. The Bertz CT molecular complexity index is 574. The van der Waals surface area contributed by atoms with E-state index in [0.29, 0.717) is 12.1 Å². The van der Waals surface area contributed by atoms with Crippen LogP contribution in [0.4, 0.5) is 4.39 Å². The van der Waals surface area contributed by atoms with Gasteiger partial charge in [0.15, 0.2) is 11.6 Å². The molecule has 0 heterocycles. The highest BCUT2D eigenvalue weighted by Crippen LogP contribution is 2.21. The molecule has 0 radical (unpaired) electrons. The molecule has 0 aromatic heterocycles. The Labute approximate surface area is 117 Å². The summed E-state index contributed by atoms with van der Waals surface area (Å²) in [5.41, 5.74) is 1.06. The van der Waals surface area contributed by atoms with E-state index in [4.69, 9.17) is 5.11 Å². The molecule has 2 aromatic rings. The van der Waals surface area contributed by atoms with Crippen molar-refractivity contribution < 1.29 is 14.6 Å². The number of aliphatic hydroxyl groups is 1. The third-order valence-electron chi connectivity index (χ3n) is 3.42. The van der Waals surface area contributed by atoms with Crippen LogP contribution in [-0.4, -0.2) is 16.8 Å². The lowest BCUT2D eigenvalue weighted by Crippen LogP contribution is -2.42. The molecule has 0 saturated carbocycles. The largest absolute Gasteiger partial charge is 0.505 e. The van der Waals surface area contributed by atoms with E-state index >= 15 is 0 Å². The fourth-order valence-corrected chi connectivity index (χ4v) is 2.01. The van der Waals surface area contributed by atoms with Gasteiger partial charge < -0.3 is 15.5 Å². The van der Waals surface area contributed by atoms with E-state index in [-0.39, 0.29) is 12.4 Å². The first kappa shape index (κ1) is 14.5. The summed E-state index contributed by atoms with van der Waals surface area (Å²) >= 11 is 0. The van der Waals surface area contributed by atoms with Crippen LogP contribution in [0.1, 0.15) is 18.1 Å². The second-order valence-electron chi connectivity index (χ2n) is 5.00. The summed E-state index contributed by atoms with van der Waals surface area (Å²) in [5, 5.41) is 22.0. The van der Waals surface area contributed by atoms with Gasteiger partial charge in [0.05, 0.1) is 12.1 Å². The summed E-state index contributed by atoms with van der Waals surface area (Å²) in [6.07, 6.45) is 0. The summed E-state index contributed by atoms with van der Waals surface area (Å²) in [7, 11) is 0. The molecule has 106 valence electrons. The zero-order valence-electron chi connectivity index (χ0n) is 11.3. The standard InChI is InChI=1S/C16H18FNO2/c1-16(11-19,13-5-3-2-4-6-13)18-10-12-7-8-15(20)14(17)9-12/h2-9,18-20H,10-11H2,1H3. The second-order valence-corrected chi connectivity index (χ2v) is 5.00. The smallest absolute Gasteiger partial charge is 0.165 e. The zero-order valence-corrected chi connectivity index (χ0v) is 11.3. The molecule has 0 amide bonds. The van der Waals surface area contributed by atoms with E-state index in [1.165, 1.54) is 12.1 Å². The maximum atomic E-state index is 13.3. The first-order valence-corrected chi connectivity index (χ1v) is 6.44. The lowest BCUT2D eigenvalue weighted by molar-refractivity contribution is 0.173. The van der Waals surface area contributed by atoms with Crippen LogP contribution in [0.2, 0.25) is 0 Å². The fraction of sp³-hybridized carbons (Fsp3) is 0.250. The van der Waals surface area contributed by atoms with E-state index in [1.807, 2.05) is 37.3 Å². The summed E-state index contributed by atoms with van der Waals surface area (Å²) in [6.45, 7) is 2.21. The summed E-state index contributed by atoms with van der Waals surface area (Å²) in [6, 6.07) is 13.8. The number of hydrogen-bond acceptors (Lipinski definition) is 3. The SMILES string of the molecule is CC(CO)(NCc1ccc(O)c(F)c1)c1ccccc1. The summed E-state index contributed by atoms with van der Waals surface area (Å²) in [5.74, 6) is -1.00. The van der Waals surface area contributed by atoms with Crippen LogP contribution in [0, 0.1) is 5.82 Å². The molecule has 0 bridgehead atoms. The maximum absolute atomic E-state index is 13.3. The molecule has 3 N–H and O–H groups in total. The Morgan fingerprint density at radius 3 is 2.45 bits per heavy atom. The van der Waals surface area contributed by atoms with Crippen molar-refractivity contribution in [2.45, 2.75) is 19.0 Å². The van der Waals surface area contributed by atoms with Crippen LogP contribution in [0.25, 0.3) is 0 Å². The summed E-state index contributed by atoms with van der Waals surface area (Å²) < 4.78 is 13.3. The van der Waals surface area contributed by atoms with E-state index in [0.717, 1.165) is 5.56 Å². The molecule has 3 nitrogen and oxygen atoms in total. The van der Waals surface area contributed by atoms with Gasteiger partial charge >= 0.3 is 0 Å². The van der Waals surface area contributed by atoms with E-state index in [1.54, 1.807) is 6.07 Å². The number of nitrogens with one attached hydrogen (secondary N) is 1. The van der Waals surface area contributed by atoms with Gasteiger partial charge in [-0.2, -0.15) is 0 Å². The third kappa shape index (κ3) is 3.15. The van der Waals surface area contributed by atoms with E-state index in [9.17, 15) is 9.50 Å². The van der Waals surface area contributed by atoms with Crippen LogP contribution in [0.3, 0.4) is 0 Å². The molecule has 20 heavy (non-hydrogen) atoms. The van der Waals surface area contributed by atoms with Gasteiger partial charge in [-0.25, -0.2) is 4.39 Å². The lowest BCUT2D eigenvalue weighted by atomic mass is 9.92. The van der Waals surface area contributed by atoms with Gasteiger partial charge in [-0.1, -0.05) is 36.4 Å². The highest BCUT2D eigenvalue weighted by Gasteiger charge is 2.24. The van der Waals surface area contributed by atoms with Gasteiger partial charge in [0.25, 0.3) is 0 Å². The molecule has 4 heteroatoms. The highest BCUT2D eigenvalue weighted by atomic mass is 19.1. The summed E-state index contributed by atoms with van der Waals surface area (Å²) in [4.78, 5) is 0. The minimum Gasteiger partial charge on any atom is -0.505 e. The molecule has 2 rings (SSSR count). The van der Waals surface area contributed by atoms with Crippen molar-refractivity contribution in [3.8, 4) is 5.75 Å². The average Bonchev–Trinajstić information content (AvgIpc) is 2.49. The highest BCUT2D eigenvalue weighted by molar-refractivity contribution is 5.29. The number of phenols is 1. The van der Waals surface area contributed by atoms with E-state index in [2.05, 4.69) is 5.32 Å². The van der Waals surface area contributed by atoms with Gasteiger partial charge in [0.1, 0.15) is 0 Å². The van der Waals surface area contributed by atoms with Gasteiger partial charge in [-0.05, 0) is 30.2 Å². The second kappa shape index (κ2) is 6.03. The minimum absolute atomic E-state index is 0.0718. The molecular weight excluding hydrogens is 257 g/mol. The van der Waals surface area contributed by atoms with E-state index < -0.39 is 11.4 Å². The Hall–Kier alpha value is -1.91. The molecule has 0 saturated heterocycles. The van der Waals surface area contributed by atoms with Gasteiger partial charge in [0.2, 0.25) is 0 Å². The van der Waals surface area contributed by atoms with Crippen molar-refractivity contribution in [1.82, 2.24) is 5.32 Å². The van der Waals surface area contributed by atoms with Crippen molar-refractivity contribution >= 4 is 0 Å². The van der Waals surface area contributed by atoms with Crippen molar-refractivity contribution in [2.24, 2.45) is 0 Å². The molecule has 0 aliphatic rings. The van der Waals surface area contributed by atoms with Gasteiger partial charge in [-0.3, -0.25) is 0 Å². The monoisotopic (exact) mass is 275 g/mol. The quantitative estimate of drug-likeness (QED) is 0.786. The fourth-order valence-electron chi connectivity index (χ4n) is 2.01. The molecule has 1 unspecified atom stereocenters. The molecule has 0 aliphatic heterocycles. The van der Waals surface area contributed by atoms with Gasteiger partial charge in [-0.15, -0.1) is 0 Å². The number of hydrogen-bond donors (Lipinski definition) is 3. The predicted octanol–water partition coefficient (Wildman–Crippen LogP) is 2.53. The first-order valence-electron chi connectivity index (χ1n) is 6.44. The Kier molecular flexibility index (Phi) is 4.37. The molecule has 2 aromatic carbocycles. The minimum atomic E-state index is -0.644. The number of phenolic OH excluding ortho intramolecular Hbond substituents is 1. The molecular formula is C16H18FNO2. The number of halogens is 1. The Balaban J connectivity index is 2.13. The van der Waals surface area contributed by atoms with Crippen molar-refractivity contribution in [1.29, 1.82) is 0 Å².